The van der Waals surface area contributed by atoms with Gasteiger partial charge in [0.15, 0.2) is 0 Å². The second-order valence-corrected chi connectivity index (χ2v) is 4.59. The van der Waals surface area contributed by atoms with E-state index in [0.717, 1.165) is 18.8 Å². The SMILES string of the molecule is COC(=O)C(CN1CCCC1)Nc1ccccc1. The van der Waals surface area contributed by atoms with E-state index >= 15 is 0 Å². The number of nitrogens with zero attached hydrogens (tertiary/aromatic N) is 1. The molecule has 1 fully saturated rings. The molecular weight excluding hydrogens is 228 g/mol. The Kier molecular flexibility index (Phi) is 4.59. The lowest BCUT2D eigenvalue weighted by Crippen LogP contribution is -2.41. The maximum absolute atomic E-state index is 11.8. The van der Waals surface area contributed by atoms with Crippen molar-refractivity contribution in [2.45, 2.75) is 18.9 Å². The summed E-state index contributed by atoms with van der Waals surface area (Å²) in [5, 5.41) is 3.24. The summed E-state index contributed by atoms with van der Waals surface area (Å²) in [6, 6.07) is 9.48. The maximum atomic E-state index is 11.8. The average molecular weight is 248 g/mol. The molecule has 0 aromatic heterocycles. The van der Waals surface area contributed by atoms with Gasteiger partial charge >= 0.3 is 5.97 Å². The smallest absolute Gasteiger partial charge is 0.329 e. The van der Waals surface area contributed by atoms with Crippen molar-refractivity contribution in [3.8, 4) is 0 Å². The number of carbonyl (C=O) groups is 1. The van der Waals surface area contributed by atoms with Crippen molar-refractivity contribution >= 4 is 11.7 Å². The van der Waals surface area contributed by atoms with Crippen LogP contribution in [0.1, 0.15) is 12.8 Å². The quantitative estimate of drug-likeness (QED) is 0.806. The van der Waals surface area contributed by atoms with Crippen LogP contribution in [0.4, 0.5) is 5.69 Å². The van der Waals surface area contributed by atoms with Crippen LogP contribution in [0.3, 0.4) is 0 Å². The molecule has 1 unspecified atom stereocenters. The Balaban J connectivity index is 1.98. The Morgan fingerprint density at radius 3 is 2.61 bits per heavy atom. The van der Waals surface area contributed by atoms with Gasteiger partial charge in [-0.1, -0.05) is 18.2 Å². The van der Waals surface area contributed by atoms with Crippen LogP contribution >= 0.6 is 0 Å². The second kappa shape index (κ2) is 6.40. The van der Waals surface area contributed by atoms with Gasteiger partial charge in [-0.15, -0.1) is 0 Å². The summed E-state index contributed by atoms with van der Waals surface area (Å²) in [5.74, 6) is -0.203. The highest BCUT2D eigenvalue weighted by Crippen LogP contribution is 2.12. The molecule has 4 nitrogen and oxygen atoms in total. The fourth-order valence-corrected chi connectivity index (χ4v) is 2.28. The average Bonchev–Trinajstić information content (AvgIpc) is 2.91. The number of carbonyl (C=O) groups excluding carboxylic acids is 1. The number of hydrogen-bond acceptors (Lipinski definition) is 4. The van der Waals surface area contributed by atoms with Gasteiger partial charge in [-0.2, -0.15) is 0 Å². The third kappa shape index (κ3) is 3.47. The number of nitrogens with one attached hydrogen (secondary N) is 1. The third-order valence-corrected chi connectivity index (χ3v) is 3.24. The van der Waals surface area contributed by atoms with E-state index < -0.39 is 0 Å². The van der Waals surface area contributed by atoms with Crippen molar-refractivity contribution in [3.63, 3.8) is 0 Å². The standard InChI is InChI=1S/C14H20N2O2/c1-18-14(17)13(11-16-9-5-6-10-16)15-12-7-3-2-4-8-12/h2-4,7-8,13,15H,5-6,9-11H2,1H3. The van der Waals surface area contributed by atoms with Crippen LogP contribution < -0.4 is 5.32 Å². The molecule has 0 saturated carbocycles. The predicted molar refractivity (Wildman–Crippen MR) is 71.5 cm³/mol. The lowest BCUT2D eigenvalue weighted by atomic mass is 10.2. The summed E-state index contributed by atoms with van der Waals surface area (Å²) in [4.78, 5) is 14.1. The molecule has 1 aromatic rings. The van der Waals surface area contributed by atoms with Gasteiger partial charge in [0.2, 0.25) is 0 Å². The molecule has 1 heterocycles. The summed E-state index contributed by atoms with van der Waals surface area (Å²) in [5.41, 5.74) is 0.951. The molecule has 0 amide bonds. The van der Waals surface area contributed by atoms with E-state index in [1.165, 1.54) is 20.0 Å². The zero-order chi connectivity index (χ0) is 12.8. The highest BCUT2D eigenvalue weighted by atomic mass is 16.5. The number of esters is 1. The minimum Gasteiger partial charge on any atom is -0.467 e. The van der Waals surface area contributed by atoms with E-state index in [1.54, 1.807) is 0 Å². The van der Waals surface area contributed by atoms with E-state index in [-0.39, 0.29) is 12.0 Å². The number of para-hydroxylation sites is 1. The molecule has 1 N–H and O–H groups in total. The van der Waals surface area contributed by atoms with Gasteiger partial charge in [0.1, 0.15) is 6.04 Å². The molecule has 0 bridgehead atoms. The molecular formula is C14H20N2O2. The molecule has 98 valence electrons. The first kappa shape index (κ1) is 12.9. The van der Waals surface area contributed by atoms with E-state index in [4.69, 9.17) is 4.74 Å². The van der Waals surface area contributed by atoms with Crippen molar-refractivity contribution in [1.29, 1.82) is 0 Å². The molecule has 18 heavy (non-hydrogen) atoms. The molecule has 1 aliphatic heterocycles. The highest BCUT2D eigenvalue weighted by Gasteiger charge is 2.23. The minimum absolute atomic E-state index is 0.203. The number of hydrogen-bond donors (Lipinski definition) is 1. The van der Waals surface area contributed by atoms with Crippen molar-refractivity contribution in [2.24, 2.45) is 0 Å². The van der Waals surface area contributed by atoms with Crippen LogP contribution in [0.15, 0.2) is 30.3 Å². The Hall–Kier alpha value is -1.55. The van der Waals surface area contributed by atoms with E-state index in [2.05, 4.69) is 10.2 Å². The first-order valence-corrected chi connectivity index (χ1v) is 6.41. The van der Waals surface area contributed by atoms with E-state index in [0.29, 0.717) is 6.54 Å². The van der Waals surface area contributed by atoms with Crippen LogP contribution in [0.5, 0.6) is 0 Å². The van der Waals surface area contributed by atoms with Gasteiger partial charge in [-0.25, -0.2) is 4.79 Å². The summed E-state index contributed by atoms with van der Waals surface area (Å²) < 4.78 is 4.87. The van der Waals surface area contributed by atoms with E-state index in [9.17, 15) is 4.79 Å². The van der Waals surface area contributed by atoms with Gasteiger partial charge in [-0.3, -0.25) is 0 Å². The molecule has 0 radical (unpaired) electrons. The number of rotatable bonds is 5. The van der Waals surface area contributed by atoms with Crippen LogP contribution in [-0.2, 0) is 9.53 Å². The monoisotopic (exact) mass is 248 g/mol. The molecule has 1 aliphatic rings. The first-order valence-electron chi connectivity index (χ1n) is 6.41. The van der Waals surface area contributed by atoms with Crippen LogP contribution in [0, 0.1) is 0 Å². The van der Waals surface area contributed by atoms with Crippen LogP contribution in [-0.4, -0.2) is 43.7 Å². The third-order valence-electron chi connectivity index (χ3n) is 3.24. The number of anilines is 1. The fourth-order valence-electron chi connectivity index (χ4n) is 2.28. The zero-order valence-electron chi connectivity index (χ0n) is 10.8. The molecule has 4 heteroatoms. The Labute approximate surface area is 108 Å². The molecule has 1 atom stereocenters. The summed E-state index contributed by atoms with van der Waals surface area (Å²) in [6.45, 7) is 2.86. The molecule has 0 spiro atoms. The Morgan fingerprint density at radius 1 is 1.33 bits per heavy atom. The predicted octanol–water partition coefficient (Wildman–Crippen LogP) is 1.74. The largest absolute Gasteiger partial charge is 0.467 e. The Morgan fingerprint density at radius 2 is 2.00 bits per heavy atom. The molecule has 1 aromatic carbocycles. The topological polar surface area (TPSA) is 41.6 Å². The van der Waals surface area contributed by atoms with E-state index in [1.807, 2.05) is 30.3 Å². The summed E-state index contributed by atoms with van der Waals surface area (Å²) in [7, 11) is 1.44. The summed E-state index contributed by atoms with van der Waals surface area (Å²) in [6.07, 6.45) is 2.44. The van der Waals surface area contributed by atoms with Crippen LogP contribution in [0.25, 0.3) is 0 Å². The number of ether oxygens (including phenoxy) is 1. The van der Waals surface area contributed by atoms with Gasteiger partial charge in [0, 0.05) is 12.2 Å². The van der Waals surface area contributed by atoms with Crippen molar-refractivity contribution < 1.29 is 9.53 Å². The van der Waals surface area contributed by atoms with Crippen molar-refractivity contribution in [2.75, 3.05) is 32.1 Å². The first-order chi connectivity index (χ1) is 8.79. The normalized spacial score (nSPS) is 17.4. The van der Waals surface area contributed by atoms with Gasteiger partial charge < -0.3 is 15.0 Å². The van der Waals surface area contributed by atoms with Crippen molar-refractivity contribution in [3.05, 3.63) is 30.3 Å². The van der Waals surface area contributed by atoms with Crippen LogP contribution in [0.2, 0.25) is 0 Å². The Bertz CT molecular complexity index is 375. The molecule has 0 aliphatic carbocycles. The lowest BCUT2D eigenvalue weighted by molar-refractivity contribution is -0.141. The minimum atomic E-state index is -0.296. The number of methoxy groups -OCH3 is 1. The van der Waals surface area contributed by atoms with Crippen molar-refractivity contribution in [1.82, 2.24) is 4.90 Å². The summed E-state index contributed by atoms with van der Waals surface area (Å²) >= 11 is 0. The molecule has 1 saturated heterocycles. The number of benzene rings is 1. The maximum Gasteiger partial charge on any atom is 0.329 e. The van der Waals surface area contributed by atoms with Gasteiger partial charge in [-0.05, 0) is 38.1 Å². The molecule has 2 rings (SSSR count). The van der Waals surface area contributed by atoms with Gasteiger partial charge in [0.25, 0.3) is 0 Å². The number of likely N-dealkylation sites (tertiary alicyclic amines) is 1. The van der Waals surface area contributed by atoms with Gasteiger partial charge in [0.05, 0.1) is 7.11 Å². The second-order valence-electron chi connectivity index (χ2n) is 4.59. The lowest BCUT2D eigenvalue weighted by Gasteiger charge is -2.23. The highest BCUT2D eigenvalue weighted by molar-refractivity contribution is 5.79. The zero-order valence-corrected chi connectivity index (χ0v) is 10.8. The fraction of sp³-hybridized carbons (Fsp3) is 0.500.